The summed E-state index contributed by atoms with van der Waals surface area (Å²) in [6.45, 7) is 5.07. The molecule has 0 saturated carbocycles. The van der Waals surface area contributed by atoms with Crippen molar-refractivity contribution < 1.29 is 9.32 Å². The van der Waals surface area contributed by atoms with E-state index in [0.717, 1.165) is 48.0 Å². The number of hydrogen-bond acceptors (Lipinski definition) is 6. The third-order valence-electron chi connectivity index (χ3n) is 5.82. The average molecular weight is 485 g/mol. The Labute approximate surface area is 204 Å². The number of nitrogens with zero attached hydrogens (tertiary/aromatic N) is 3. The van der Waals surface area contributed by atoms with Gasteiger partial charge in [-0.3, -0.25) is 9.69 Å². The van der Waals surface area contributed by atoms with Gasteiger partial charge in [-0.15, -0.1) is 0 Å². The van der Waals surface area contributed by atoms with E-state index in [4.69, 9.17) is 16.1 Å². The maximum atomic E-state index is 12.5. The van der Waals surface area contributed by atoms with Crippen LogP contribution < -0.4 is 5.32 Å². The summed E-state index contributed by atoms with van der Waals surface area (Å²) < 4.78 is 5.45. The van der Waals surface area contributed by atoms with Gasteiger partial charge < -0.3 is 9.84 Å². The first kappa shape index (κ1) is 23.8. The zero-order valence-electron chi connectivity index (χ0n) is 18.8. The lowest BCUT2D eigenvalue weighted by Crippen LogP contribution is -2.40. The first-order valence-electron chi connectivity index (χ1n) is 11.3. The number of nitrogens with one attached hydrogen (secondary N) is 1. The molecule has 0 aliphatic carbocycles. The molecule has 3 aromatic rings. The van der Waals surface area contributed by atoms with Crippen molar-refractivity contribution in [1.82, 2.24) is 20.4 Å². The molecule has 1 N–H and O–H groups in total. The van der Waals surface area contributed by atoms with Gasteiger partial charge in [0, 0.05) is 34.6 Å². The fourth-order valence-electron chi connectivity index (χ4n) is 3.84. The molecule has 2 aromatic carbocycles. The minimum atomic E-state index is 0.0771. The van der Waals surface area contributed by atoms with Crippen LogP contribution in [0.1, 0.15) is 29.9 Å². The van der Waals surface area contributed by atoms with E-state index in [-0.39, 0.29) is 11.8 Å². The highest BCUT2D eigenvalue weighted by molar-refractivity contribution is 7.98. The minimum Gasteiger partial charge on any atom is -0.355 e. The Morgan fingerprint density at radius 3 is 2.61 bits per heavy atom. The number of amides is 1. The topological polar surface area (TPSA) is 71.3 Å². The number of aryl methyl sites for hydroxylation is 1. The number of thioether (sulfide) groups is 1. The van der Waals surface area contributed by atoms with Gasteiger partial charge in [0.25, 0.3) is 0 Å². The van der Waals surface area contributed by atoms with Gasteiger partial charge in [-0.1, -0.05) is 58.7 Å². The maximum Gasteiger partial charge on any atom is 0.241 e. The van der Waals surface area contributed by atoms with E-state index in [1.54, 1.807) is 0 Å². The van der Waals surface area contributed by atoms with Crippen molar-refractivity contribution in [2.24, 2.45) is 5.92 Å². The fourth-order valence-corrected chi connectivity index (χ4v) is 4.79. The first-order valence-corrected chi connectivity index (χ1v) is 12.8. The molecule has 1 fully saturated rings. The zero-order chi connectivity index (χ0) is 23.0. The van der Waals surface area contributed by atoms with Crippen LogP contribution in [0, 0.1) is 12.8 Å². The van der Waals surface area contributed by atoms with Crippen molar-refractivity contribution in [2.45, 2.75) is 32.1 Å². The van der Waals surface area contributed by atoms with Gasteiger partial charge >= 0.3 is 0 Å². The summed E-state index contributed by atoms with van der Waals surface area (Å²) in [5, 5.41) is 7.97. The monoisotopic (exact) mass is 484 g/mol. The Bertz CT molecular complexity index is 1030. The van der Waals surface area contributed by atoms with Gasteiger partial charge in [0.1, 0.15) is 0 Å². The largest absolute Gasteiger partial charge is 0.355 e. The third-order valence-corrected chi connectivity index (χ3v) is 7.10. The Hall–Kier alpha value is -2.35. The van der Waals surface area contributed by atoms with Gasteiger partial charge in [-0.2, -0.15) is 16.7 Å². The highest BCUT2D eigenvalue weighted by Crippen LogP contribution is 2.21. The molecule has 1 aliphatic heterocycles. The number of hydrogen-bond donors (Lipinski definition) is 1. The molecule has 2 heterocycles. The van der Waals surface area contributed by atoms with Crippen LogP contribution in [0.15, 0.2) is 53.1 Å². The number of likely N-dealkylation sites (tertiary alicyclic amines) is 1. The standard InChI is InChI=1S/C25H29ClN4O2S/c1-18-2-6-20(7-3-18)24-28-23(32-29-24)16-30-13-10-21(11-14-30)25(31)27-12-15-33-17-19-4-8-22(26)9-5-19/h2-9,21H,10-17H2,1H3,(H,27,31). The van der Waals surface area contributed by atoms with Crippen molar-refractivity contribution >= 4 is 29.3 Å². The van der Waals surface area contributed by atoms with Gasteiger partial charge in [0.05, 0.1) is 6.54 Å². The first-order chi connectivity index (χ1) is 16.1. The maximum absolute atomic E-state index is 12.5. The predicted octanol–water partition coefficient (Wildman–Crippen LogP) is 4.96. The molecule has 0 unspecified atom stereocenters. The highest BCUT2D eigenvalue weighted by Gasteiger charge is 2.25. The normalized spacial score (nSPS) is 15.0. The van der Waals surface area contributed by atoms with Crippen LogP contribution in [-0.4, -0.2) is 46.3 Å². The van der Waals surface area contributed by atoms with E-state index in [9.17, 15) is 4.79 Å². The van der Waals surface area contributed by atoms with E-state index in [1.807, 2.05) is 60.3 Å². The zero-order valence-corrected chi connectivity index (χ0v) is 20.4. The summed E-state index contributed by atoms with van der Waals surface area (Å²) in [7, 11) is 0. The molecule has 0 atom stereocenters. The van der Waals surface area contributed by atoms with E-state index in [1.165, 1.54) is 11.1 Å². The molecule has 1 aliphatic rings. The summed E-state index contributed by atoms with van der Waals surface area (Å²) in [4.78, 5) is 19.3. The van der Waals surface area contributed by atoms with Gasteiger partial charge in [0.2, 0.25) is 17.6 Å². The van der Waals surface area contributed by atoms with Crippen molar-refractivity contribution in [2.75, 3.05) is 25.4 Å². The smallest absolute Gasteiger partial charge is 0.241 e. The van der Waals surface area contributed by atoms with Crippen molar-refractivity contribution in [3.05, 3.63) is 70.6 Å². The van der Waals surface area contributed by atoms with Crippen LogP contribution in [0.2, 0.25) is 5.02 Å². The molecule has 4 rings (SSSR count). The van der Waals surface area contributed by atoms with Crippen LogP contribution in [0.3, 0.4) is 0 Å². The van der Waals surface area contributed by atoms with Crippen molar-refractivity contribution in [3.8, 4) is 11.4 Å². The summed E-state index contributed by atoms with van der Waals surface area (Å²) in [5.41, 5.74) is 3.40. The summed E-state index contributed by atoms with van der Waals surface area (Å²) in [6, 6.07) is 16.0. The quantitative estimate of drug-likeness (QED) is 0.433. The molecule has 0 spiro atoms. The van der Waals surface area contributed by atoms with Crippen LogP contribution in [-0.2, 0) is 17.1 Å². The Morgan fingerprint density at radius 2 is 1.88 bits per heavy atom. The number of carbonyl (C=O) groups excluding carboxylic acids is 1. The molecule has 0 bridgehead atoms. The summed E-state index contributed by atoms with van der Waals surface area (Å²) >= 11 is 7.73. The lowest BCUT2D eigenvalue weighted by Gasteiger charge is -2.30. The molecule has 1 saturated heterocycles. The molecule has 174 valence electrons. The van der Waals surface area contributed by atoms with Crippen LogP contribution in [0.4, 0.5) is 0 Å². The number of benzene rings is 2. The van der Waals surface area contributed by atoms with Crippen LogP contribution in [0.25, 0.3) is 11.4 Å². The Kier molecular flexibility index (Phi) is 8.42. The van der Waals surface area contributed by atoms with Gasteiger partial charge in [-0.05, 0) is 50.6 Å². The number of rotatable bonds is 9. The lowest BCUT2D eigenvalue weighted by molar-refractivity contribution is -0.126. The summed E-state index contributed by atoms with van der Waals surface area (Å²) in [6.07, 6.45) is 1.70. The molecule has 1 aromatic heterocycles. The minimum absolute atomic E-state index is 0.0771. The number of carbonyl (C=O) groups is 1. The van der Waals surface area contributed by atoms with Gasteiger partial charge in [-0.25, -0.2) is 0 Å². The van der Waals surface area contributed by atoms with E-state index in [2.05, 4.69) is 27.3 Å². The number of aromatic nitrogens is 2. The van der Waals surface area contributed by atoms with E-state index in [0.29, 0.717) is 24.8 Å². The highest BCUT2D eigenvalue weighted by atomic mass is 35.5. The second kappa shape index (κ2) is 11.7. The number of halogens is 1. The van der Waals surface area contributed by atoms with Crippen LogP contribution in [0.5, 0.6) is 0 Å². The summed E-state index contributed by atoms with van der Waals surface area (Å²) in [5.74, 6) is 3.30. The van der Waals surface area contributed by atoms with E-state index >= 15 is 0 Å². The second-order valence-electron chi connectivity index (χ2n) is 8.40. The fraction of sp³-hybridized carbons (Fsp3) is 0.400. The van der Waals surface area contributed by atoms with Crippen molar-refractivity contribution in [3.63, 3.8) is 0 Å². The van der Waals surface area contributed by atoms with Gasteiger partial charge in [0.15, 0.2) is 0 Å². The number of piperidine rings is 1. The SMILES string of the molecule is Cc1ccc(-c2noc(CN3CCC(C(=O)NCCSCc4ccc(Cl)cc4)CC3)n2)cc1. The molecular formula is C25H29ClN4O2S. The van der Waals surface area contributed by atoms with E-state index < -0.39 is 0 Å². The molecule has 8 heteroatoms. The molecule has 0 radical (unpaired) electrons. The predicted molar refractivity (Wildman–Crippen MR) is 133 cm³/mol. The molecule has 33 heavy (non-hydrogen) atoms. The lowest BCUT2D eigenvalue weighted by atomic mass is 9.96. The Morgan fingerprint density at radius 1 is 1.15 bits per heavy atom. The molecule has 1 amide bonds. The average Bonchev–Trinajstić information content (AvgIpc) is 3.29. The van der Waals surface area contributed by atoms with Crippen LogP contribution >= 0.6 is 23.4 Å². The van der Waals surface area contributed by atoms with Crippen molar-refractivity contribution in [1.29, 1.82) is 0 Å². The third kappa shape index (κ3) is 7.06. The Balaban J connectivity index is 1.13. The molecule has 6 nitrogen and oxygen atoms in total. The second-order valence-corrected chi connectivity index (χ2v) is 9.94. The molecular weight excluding hydrogens is 456 g/mol.